The molecule has 0 aromatic carbocycles. The average Bonchev–Trinajstić information content (AvgIpc) is 2.20. The number of fused-ring (bicyclic) bond motifs is 3. The number of carbonyl (C=O) groups is 3. The molecule has 8 nitrogen and oxygen atoms in total. The van der Waals surface area contributed by atoms with Crippen LogP contribution in [0.3, 0.4) is 0 Å². The van der Waals surface area contributed by atoms with Crippen LogP contribution < -0.4 is 0 Å². The molecule has 0 spiro atoms. The van der Waals surface area contributed by atoms with Crippen LogP contribution in [0.2, 0.25) is 0 Å². The zero-order valence-electron chi connectivity index (χ0n) is 8.84. The molecule has 17 heavy (non-hydrogen) atoms. The van der Waals surface area contributed by atoms with E-state index in [0.717, 1.165) is 6.92 Å². The normalized spacial score (nSPS) is 41.8. The number of esters is 3. The van der Waals surface area contributed by atoms with Gasteiger partial charge in [-0.05, 0) is 0 Å². The van der Waals surface area contributed by atoms with Gasteiger partial charge in [-0.25, -0.2) is 4.79 Å². The molecule has 2 saturated heterocycles. The second-order valence-corrected chi connectivity index (χ2v) is 4.14. The first kappa shape index (κ1) is 11.8. The molecule has 2 fully saturated rings. The summed E-state index contributed by atoms with van der Waals surface area (Å²) in [6.45, 7) is 1.01. The minimum Gasteiger partial charge on any atom is -0.425 e. The van der Waals surface area contributed by atoms with Crippen molar-refractivity contribution in [1.29, 1.82) is 0 Å². The lowest BCUT2D eigenvalue weighted by atomic mass is 9.95. The number of carbonyl (C=O) groups excluding carboxylic acids is 3. The number of rotatable bonds is 0. The quantitative estimate of drug-likeness (QED) is 0.480. The molecule has 2 aliphatic heterocycles. The van der Waals surface area contributed by atoms with Crippen molar-refractivity contribution in [2.45, 2.75) is 37.4 Å². The van der Waals surface area contributed by atoms with Crippen molar-refractivity contribution in [3.8, 4) is 0 Å². The molecule has 2 aliphatic rings. The van der Waals surface area contributed by atoms with Gasteiger partial charge < -0.3 is 24.4 Å². The standard InChI is InChI=1S/C9H10O8/c1-8(13)7-15-4(10)2-9(14,6(12)16-7)3-5(11)17-8/h7,13-14H,2-3H2,1H3. The molecule has 2 heterocycles. The molecule has 0 saturated carbocycles. The van der Waals surface area contributed by atoms with Gasteiger partial charge in [-0.2, -0.15) is 0 Å². The van der Waals surface area contributed by atoms with Gasteiger partial charge in [0, 0.05) is 6.92 Å². The molecule has 3 atom stereocenters. The molecule has 8 heteroatoms. The Labute approximate surface area is 95.1 Å². The molecule has 94 valence electrons. The number of cyclic esters (lactones) is 1. The van der Waals surface area contributed by atoms with Crippen LogP contribution in [0.25, 0.3) is 0 Å². The molecule has 0 aromatic rings. The van der Waals surface area contributed by atoms with Gasteiger partial charge in [0.05, 0.1) is 12.8 Å². The van der Waals surface area contributed by atoms with Crippen LogP contribution in [-0.2, 0) is 28.6 Å². The highest BCUT2D eigenvalue weighted by molar-refractivity contribution is 5.91. The first-order valence-corrected chi connectivity index (χ1v) is 4.80. The number of aliphatic hydroxyl groups is 2. The lowest BCUT2D eigenvalue weighted by Gasteiger charge is -2.32. The summed E-state index contributed by atoms with van der Waals surface area (Å²) < 4.78 is 13.7. The van der Waals surface area contributed by atoms with E-state index in [9.17, 15) is 24.6 Å². The topological polar surface area (TPSA) is 119 Å². The highest BCUT2D eigenvalue weighted by atomic mass is 16.8. The van der Waals surface area contributed by atoms with E-state index in [2.05, 4.69) is 14.2 Å². The molecule has 2 bridgehead atoms. The van der Waals surface area contributed by atoms with Crippen molar-refractivity contribution in [2.75, 3.05) is 0 Å². The average molecular weight is 246 g/mol. The fraction of sp³-hybridized carbons (Fsp3) is 0.667. The van der Waals surface area contributed by atoms with Crippen LogP contribution in [0.4, 0.5) is 0 Å². The summed E-state index contributed by atoms with van der Waals surface area (Å²) in [6, 6.07) is 0. The van der Waals surface area contributed by atoms with Crippen molar-refractivity contribution in [1.82, 2.24) is 0 Å². The first-order valence-electron chi connectivity index (χ1n) is 4.80. The first-order chi connectivity index (χ1) is 7.73. The summed E-state index contributed by atoms with van der Waals surface area (Å²) in [4.78, 5) is 34.2. The van der Waals surface area contributed by atoms with Gasteiger partial charge in [0.15, 0.2) is 5.60 Å². The van der Waals surface area contributed by atoms with E-state index in [1.165, 1.54) is 0 Å². The van der Waals surface area contributed by atoms with E-state index >= 15 is 0 Å². The second kappa shape index (κ2) is 3.41. The third-order valence-corrected chi connectivity index (χ3v) is 2.46. The maximum atomic E-state index is 11.5. The van der Waals surface area contributed by atoms with Crippen molar-refractivity contribution in [3.05, 3.63) is 0 Å². The summed E-state index contributed by atoms with van der Waals surface area (Å²) in [7, 11) is 0. The van der Waals surface area contributed by atoms with Crippen LogP contribution in [0, 0.1) is 0 Å². The Morgan fingerprint density at radius 1 is 1.12 bits per heavy atom. The van der Waals surface area contributed by atoms with E-state index in [0.29, 0.717) is 0 Å². The predicted molar refractivity (Wildman–Crippen MR) is 46.9 cm³/mol. The maximum Gasteiger partial charge on any atom is 0.342 e. The van der Waals surface area contributed by atoms with Gasteiger partial charge in [-0.15, -0.1) is 0 Å². The Balaban J connectivity index is 2.46. The van der Waals surface area contributed by atoms with Gasteiger partial charge in [0.25, 0.3) is 5.79 Å². The van der Waals surface area contributed by atoms with Crippen molar-refractivity contribution in [3.63, 3.8) is 0 Å². The molecule has 0 radical (unpaired) electrons. The SMILES string of the molecule is CC1(O)OC(=O)CC2(O)CC(=O)OC1OC2=O. The van der Waals surface area contributed by atoms with E-state index in [4.69, 9.17) is 0 Å². The summed E-state index contributed by atoms with van der Waals surface area (Å²) >= 11 is 0. The second-order valence-electron chi connectivity index (χ2n) is 4.14. The maximum absolute atomic E-state index is 11.5. The zero-order chi connectivity index (χ0) is 12.8. The minimum atomic E-state index is -2.31. The minimum absolute atomic E-state index is 0.729. The molecule has 0 aliphatic carbocycles. The molecule has 2 rings (SSSR count). The van der Waals surface area contributed by atoms with E-state index < -0.39 is 48.4 Å². The van der Waals surface area contributed by atoms with E-state index in [1.54, 1.807) is 0 Å². The third-order valence-electron chi connectivity index (χ3n) is 2.46. The Hall–Kier alpha value is -1.67. The van der Waals surface area contributed by atoms with E-state index in [-0.39, 0.29) is 0 Å². The lowest BCUT2D eigenvalue weighted by molar-refractivity contribution is -0.303. The highest BCUT2D eigenvalue weighted by Crippen LogP contribution is 2.31. The Morgan fingerprint density at radius 3 is 2.35 bits per heavy atom. The lowest BCUT2D eigenvalue weighted by Crippen LogP contribution is -2.53. The van der Waals surface area contributed by atoms with Crippen molar-refractivity contribution < 1.29 is 38.8 Å². The fourth-order valence-electron chi connectivity index (χ4n) is 1.61. The Morgan fingerprint density at radius 2 is 1.71 bits per heavy atom. The van der Waals surface area contributed by atoms with Crippen molar-refractivity contribution in [2.24, 2.45) is 0 Å². The predicted octanol–water partition coefficient (Wildman–Crippen LogP) is -1.81. The van der Waals surface area contributed by atoms with Gasteiger partial charge in [-0.1, -0.05) is 0 Å². The monoisotopic (exact) mass is 246 g/mol. The molecular formula is C9H10O8. The van der Waals surface area contributed by atoms with Gasteiger partial charge >= 0.3 is 24.2 Å². The zero-order valence-corrected chi connectivity index (χ0v) is 8.84. The van der Waals surface area contributed by atoms with Gasteiger partial charge in [0.1, 0.15) is 0 Å². The van der Waals surface area contributed by atoms with Crippen LogP contribution in [0.5, 0.6) is 0 Å². The summed E-state index contributed by atoms with van der Waals surface area (Å²) in [5, 5.41) is 19.5. The van der Waals surface area contributed by atoms with Crippen LogP contribution >= 0.6 is 0 Å². The number of hydrogen-bond donors (Lipinski definition) is 2. The highest BCUT2D eigenvalue weighted by Gasteiger charge is 2.55. The van der Waals surface area contributed by atoms with Gasteiger partial charge in [-0.3, -0.25) is 9.59 Å². The van der Waals surface area contributed by atoms with Crippen molar-refractivity contribution >= 4 is 17.9 Å². The Bertz CT molecular complexity index is 400. The molecule has 0 aromatic heterocycles. The van der Waals surface area contributed by atoms with E-state index in [1.807, 2.05) is 0 Å². The smallest absolute Gasteiger partial charge is 0.342 e. The summed E-state index contributed by atoms with van der Waals surface area (Å²) in [6.07, 6.45) is -3.31. The molecule has 2 N–H and O–H groups in total. The van der Waals surface area contributed by atoms with Crippen LogP contribution in [0.1, 0.15) is 19.8 Å². The Kier molecular flexibility index (Phi) is 2.37. The molecule has 3 unspecified atom stereocenters. The largest absolute Gasteiger partial charge is 0.425 e. The van der Waals surface area contributed by atoms with Gasteiger partial charge in [0.2, 0.25) is 0 Å². The molecular weight excluding hydrogens is 236 g/mol. The fourth-order valence-corrected chi connectivity index (χ4v) is 1.61. The van der Waals surface area contributed by atoms with Crippen LogP contribution in [-0.4, -0.2) is 45.8 Å². The van der Waals surface area contributed by atoms with Crippen LogP contribution in [0.15, 0.2) is 0 Å². The third kappa shape index (κ3) is 1.96. The number of ether oxygens (including phenoxy) is 3. The molecule has 0 amide bonds. The summed E-state index contributed by atoms with van der Waals surface area (Å²) in [5.41, 5.74) is -2.31. The number of hydrogen-bond acceptors (Lipinski definition) is 8. The summed E-state index contributed by atoms with van der Waals surface area (Å²) in [5.74, 6) is -5.49.